The molecule has 0 aliphatic heterocycles. The first kappa shape index (κ1) is 22.1. The van der Waals surface area contributed by atoms with Crippen LogP contribution in [0.15, 0.2) is 47.5 Å². The lowest BCUT2D eigenvalue weighted by molar-refractivity contribution is 0.0953. The SMILES string of the molecule is CCCNC(=O)c1cccc(CN=C(N)NCCc2ccc(OC)c(OC)c2)c1. The summed E-state index contributed by atoms with van der Waals surface area (Å²) in [6.45, 7) is 3.73. The molecule has 2 aromatic rings. The number of nitrogens with two attached hydrogens (primary N) is 1. The quantitative estimate of drug-likeness (QED) is 0.422. The Morgan fingerprint density at radius 2 is 1.79 bits per heavy atom. The molecule has 2 rings (SSSR count). The zero-order valence-corrected chi connectivity index (χ0v) is 17.3. The molecule has 0 aromatic heterocycles. The Balaban J connectivity index is 1.85. The summed E-state index contributed by atoms with van der Waals surface area (Å²) in [6, 6.07) is 13.2. The molecule has 0 saturated carbocycles. The van der Waals surface area contributed by atoms with Gasteiger partial charge in [0.15, 0.2) is 17.5 Å². The summed E-state index contributed by atoms with van der Waals surface area (Å²) in [7, 11) is 3.23. The number of aliphatic imine (C=N–C) groups is 1. The van der Waals surface area contributed by atoms with Crippen molar-refractivity contribution in [2.75, 3.05) is 27.3 Å². The van der Waals surface area contributed by atoms with Crippen LogP contribution in [0.25, 0.3) is 0 Å². The molecular weight excluding hydrogens is 368 g/mol. The molecule has 4 N–H and O–H groups in total. The predicted molar refractivity (Wildman–Crippen MR) is 116 cm³/mol. The van der Waals surface area contributed by atoms with Gasteiger partial charge < -0.3 is 25.8 Å². The highest BCUT2D eigenvalue weighted by Gasteiger charge is 2.06. The summed E-state index contributed by atoms with van der Waals surface area (Å²) in [5.74, 6) is 1.70. The van der Waals surface area contributed by atoms with Gasteiger partial charge in [0, 0.05) is 18.7 Å². The fourth-order valence-electron chi connectivity index (χ4n) is 2.75. The third kappa shape index (κ3) is 7.03. The van der Waals surface area contributed by atoms with Crippen LogP contribution in [0.3, 0.4) is 0 Å². The maximum atomic E-state index is 12.1. The lowest BCUT2D eigenvalue weighted by Crippen LogP contribution is -2.33. The van der Waals surface area contributed by atoms with Crippen LogP contribution in [-0.4, -0.2) is 39.2 Å². The van der Waals surface area contributed by atoms with E-state index < -0.39 is 0 Å². The molecule has 0 fully saturated rings. The number of nitrogens with zero attached hydrogens (tertiary/aromatic N) is 1. The average molecular weight is 399 g/mol. The molecule has 0 aliphatic rings. The monoisotopic (exact) mass is 398 g/mol. The number of hydrogen-bond donors (Lipinski definition) is 3. The van der Waals surface area contributed by atoms with E-state index in [0.29, 0.717) is 42.7 Å². The number of rotatable bonds is 10. The Morgan fingerprint density at radius 1 is 1.00 bits per heavy atom. The Labute approximate surface area is 172 Å². The van der Waals surface area contributed by atoms with Crippen LogP contribution in [0.5, 0.6) is 11.5 Å². The first-order chi connectivity index (χ1) is 14.1. The summed E-state index contributed by atoms with van der Waals surface area (Å²) >= 11 is 0. The number of benzene rings is 2. The highest BCUT2D eigenvalue weighted by molar-refractivity contribution is 5.94. The van der Waals surface area contributed by atoms with Gasteiger partial charge in [-0.1, -0.05) is 25.1 Å². The maximum absolute atomic E-state index is 12.1. The number of carbonyl (C=O) groups excluding carboxylic acids is 1. The lowest BCUT2D eigenvalue weighted by atomic mass is 10.1. The number of guanidine groups is 1. The van der Waals surface area contributed by atoms with Gasteiger partial charge in [-0.25, -0.2) is 4.99 Å². The Hall–Kier alpha value is -3.22. The first-order valence-electron chi connectivity index (χ1n) is 9.69. The van der Waals surface area contributed by atoms with E-state index in [4.69, 9.17) is 15.2 Å². The highest BCUT2D eigenvalue weighted by atomic mass is 16.5. The topological polar surface area (TPSA) is 98.0 Å². The van der Waals surface area contributed by atoms with E-state index in [1.807, 2.05) is 43.3 Å². The molecular formula is C22H30N4O3. The van der Waals surface area contributed by atoms with Crippen LogP contribution in [0, 0.1) is 0 Å². The Morgan fingerprint density at radius 3 is 2.52 bits per heavy atom. The number of nitrogens with one attached hydrogen (secondary N) is 2. The third-order valence-corrected chi connectivity index (χ3v) is 4.32. The number of carbonyl (C=O) groups is 1. The number of hydrogen-bond acceptors (Lipinski definition) is 4. The molecule has 7 nitrogen and oxygen atoms in total. The van der Waals surface area contributed by atoms with Crippen LogP contribution in [0.2, 0.25) is 0 Å². The van der Waals surface area contributed by atoms with Gasteiger partial charge in [0.05, 0.1) is 20.8 Å². The van der Waals surface area contributed by atoms with Crippen molar-refractivity contribution in [3.05, 3.63) is 59.2 Å². The molecule has 0 heterocycles. The fraction of sp³-hybridized carbons (Fsp3) is 0.364. The van der Waals surface area contributed by atoms with Crippen molar-refractivity contribution in [1.29, 1.82) is 0 Å². The van der Waals surface area contributed by atoms with E-state index in [-0.39, 0.29) is 5.91 Å². The second kappa shape index (κ2) is 11.6. The zero-order valence-electron chi connectivity index (χ0n) is 17.3. The molecule has 0 radical (unpaired) electrons. The molecule has 0 aliphatic carbocycles. The highest BCUT2D eigenvalue weighted by Crippen LogP contribution is 2.27. The normalized spacial score (nSPS) is 11.1. The van der Waals surface area contributed by atoms with Crippen molar-refractivity contribution in [3.63, 3.8) is 0 Å². The molecule has 0 unspecified atom stereocenters. The van der Waals surface area contributed by atoms with Crippen molar-refractivity contribution in [2.45, 2.75) is 26.3 Å². The van der Waals surface area contributed by atoms with Gasteiger partial charge in [-0.3, -0.25) is 4.79 Å². The smallest absolute Gasteiger partial charge is 0.251 e. The molecule has 7 heteroatoms. The van der Waals surface area contributed by atoms with Gasteiger partial charge in [-0.15, -0.1) is 0 Å². The van der Waals surface area contributed by atoms with Crippen LogP contribution in [0.1, 0.15) is 34.8 Å². The van der Waals surface area contributed by atoms with Crippen molar-refractivity contribution >= 4 is 11.9 Å². The molecule has 0 saturated heterocycles. The molecule has 29 heavy (non-hydrogen) atoms. The van der Waals surface area contributed by atoms with Crippen molar-refractivity contribution in [3.8, 4) is 11.5 Å². The Kier molecular flexibility index (Phi) is 8.82. The average Bonchev–Trinajstić information content (AvgIpc) is 2.76. The second-order valence-corrected chi connectivity index (χ2v) is 6.52. The number of amides is 1. The fourth-order valence-corrected chi connectivity index (χ4v) is 2.75. The largest absolute Gasteiger partial charge is 0.493 e. The van der Waals surface area contributed by atoms with Gasteiger partial charge in [-0.2, -0.15) is 0 Å². The molecule has 1 amide bonds. The number of methoxy groups -OCH3 is 2. The molecule has 0 bridgehead atoms. The summed E-state index contributed by atoms with van der Waals surface area (Å²) < 4.78 is 10.6. The van der Waals surface area contributed by atoms with E-state index >= 15 is 0 Å². The number of ether oxygens (including phenoxy) is 2. The second-order valence-electron chi connectivity index (χ2n) is 6.52. The van der Waals surface area contributed by atoms with Crippen LogP contribution < -0.4 is 25.8 Å². The molecule has 0 atom stereocenters. The van der Waals surface area contributed by atoms with E-state index in [1.54, 1.807) is 20.3 Å². The van der Waals surface area contributed by atoms with E-state index in [9.17, 15) is 4.79 Å². The van der Waals surface area contributed by atoms with Crippen LogP contribution in [0.4, 0.5) is 0 Å². The summed E-state index contributed by atoms with van der Waals surface area (Å²) in [6.07, 6.45) is 1.67. The van der Waals surface area contributed by atoms with Crippen LogP contribution in [-0.2, 0) is 13.0 Å². The third-order valence-electron chi connectivity index (χ3n) is 4.32. The lowest BCUT2D eigenvalue weighted by Gasteiger charge is -2.10. The maximum Gasteiger partial charge on any atom is 0.251 e. The minimum atomic E-state index is -0.0707. The zero-order chi connectivity index (χ0) is 21.1. The minimum Gasteiger partial charge on any atom is -0.493 e. The molecule has 0 spiro atoms. The Bertz CT molecular complexity index is 837. The van der Waals surface area contributed by atoms with Gasteiger partial charge in [0.2, 0.25) is 0 Å². The van der Waals surface area contributed by atoms with Gasteiger partial charge >= 0.3 is 0 Å². The molecule has 2 aromatic carbocycles. The van der Waals surface area contributed by atoms with E-state index in [2.05, 4.69) is 15.6 Å². The summed E-state index contributed by atoms with van der Waals surface area (Å²) in [4.78, 5) is 16.4. The summed E-state index contributed by atoms with van der Waals surface area (Å²) in [5, 5.41) is 5.98. The van der Waals surface area contributed by atoms with E-state index in [0.717, 1.165) is 24.0 Å². The van der Waals surface area contributed by atoms with Crippen molar-refractivity contribution in [2.24, 2.45) is 10.7 Å². The van der Waals surface area contributed by atoms with Gasteiger partial charge in [-0.05, 0) is 48.2 Å². The first-order valence-corrected chi connectivity index (χ1v) is 9.69. The van der Waals surface area contributed by atoms with Gasteiger partial charge in [0.25, 0.3) is 5.91 Å². The molecule has 156 valence electrons. The van der Waals surface area contributed by atoms with E-state index in [1.165, 1.54) is 0 Å². The standard InChI is InChI=1S/C22H30N4O3/c1-4-11-24-21(27)18-7-5-6-17(13-18)15-26-22(23)25-12-10-16-8-9-19(28-2)20(14-16)29-3/h5-9,13-14H,4,10-12,15H2,1-3H3,(H,24,27)(H3,23,25,26). The van der Waals surface area contributed by atoms with Crippen LogP contribution >= 0.6 is 0 Å². The van der Waals surface area contributed by atoms with Gasteiger partial charge in [0.1, 0.15) is 0 Å². The predicted octanol–water partition coefficient (Wildman–Crippen LogP) is 2.49. The minimum absolute atomic E-state index is 0.0707. The summed E-state index contributed by atoms with van der Waals surface area (Å²) in [5.41, 5.74) is 8.63. The van der Waals surface area contributed by atoms with Crippen molar-refractivity contribution < 1.29 is 14.3 Å². The van der Waals surface area contributed by atoms with Crippen molar-refractivity contribution in [1.82, 2.24) is 10.6 Å².